The van der Waals surface area contributed by atoms with Gasteiger partial charge in [0.1, 0.15) is 0 Å². The summed E-state index contributed by atoms with van der Waals surface area (Å²) in [6.45, 7) is 12.4. The largest absolute Gasteiger partial charge is 0.412 e. The Hall–Kier alpha value is -1.86. The molecule has 8 fully saturated rings. The number of benzene rings is 2. The van der Waals surface area contributed by atoms with E-state index in [1.54, 1.807) is 24.3 Å². The molecule has 2 aromatic carbocycles. The molecular weight excluding hydrogens is 849 g/mol. The second-order valence-electron chi connectivity index (χ2n) is 23.9. The van der Waals surface area contributed by atoms with Crippen LogP contribution in [0.3, 0.4) is 0 Å². The first-order chi connectivity index (χ1) is 30.4. The van der Waals surface area contributed by atoms with Crippen LogP contribution in [0.2, 0.25) is 0 Å². The van der Waals surface area contributed by atoms with Crippen molar-refractivity contribution in [1.29, 1.82) is 0 Å². The average molecular weight is 935 g/mol. The number of sulfonamides is 2. The lowest BCUT2D eigenvalue weighted by molar-refractivity contribution is -0.107. The van der Waals surface area contributed by atoms with E-state index in [0.717, 1.165) is 84.4 Å². The summed E-state index contributed by atoms with van der Waals surface area (Å²) in [6, 6.07) is 15.3. The van der Waals surface area contributed by atoms with Crippen molar-refractivity contribution in [2.45, 2.75) is 191 Å². The second-order valence-corrected chi connectivity index (χ2v) is 27.1. The standard InChI is InChI=1S/2C27H42N2O2S.H2O/c2*1-26-16-4-3-5-20(26)8-11-22-23-12-13-25(27(23,2)17-14-24(22)26)29-18-15-19-6-9-21(10-7-19)32(28,30)31;/h2*6-7,9-10,20,22-25,29H,3-5,8,11-18H2,1-2H3,(H2,28,30,31);1H2/t2*20-,22+,23+,24+,25+,26+,27+;/m11./s1. The molecule has 11 heteroatoms. The van der Waals surface area contributed by atoms with Crippen molar-refractivity contribution in [2.24, 2.45) is 79.3 Å². The van der Waals surface area contributed by atoms with Crippen LogP contribution in [-0.2, 0) is 32.9 Å². The molecule has 0 aromatic heterocycles. The van der Waals surface area contributed by atoms with E-state index >= 15 is 0 Å². The molecule has 0 bridgehead atoms. The van der Waals surface area contributed by atoms with Crippen molar-refractivity contribution in [3.8, 4) is 0 Å². The number of hydrogen-bond donors (Lipinski definition) is 4. The van der Waals surface area contributed by atoms with Gasteiger partial charge >= 0.3 is 0 Å². The van der Waals surface area contributed by atoms with E-state index in [4.69, 9.17) is 10.3 Å². The van der Waals surface area contributed by atoms with Gasteiger partial charge in [0.15, 0.2) is 0 Å². The van der Waals surface area contributed by atoms with E-state index in [0.29, 0.717) is 33.7 Å². The Labute approximate surface area is 394 Å². The summed E-state index contributed by atoms with van der Waals surface area (Å²) < 4.78 is 45.9. The number of rotatable bonds is 10. The van der Waals surface area contributed by atoms with Gasteiger partial charge in [-0.25, -0.2) is 27.1 Å². The lowest BCUT2D eigenvalue weighted by atomic mass is 9.45. The SMILES string of the molecule is C[C@]12CCCC[C@@H]1CC[C@@H]1[C@@H]2CC[C@]2(C)[C@@H](NCCc3ccc(S(N)(=O)=O)cc3)CC[C@@H]12.C[C@]12CCCC[C@@H]1CC[C@@H]1[C@@H]2CC[C@]2(C)[C@@H](NCCc3ccc(S(N)(=O)=O)cc3)CC[C@@H]12.O. The maximum atomic E-state index is 11.5. The molecule has 0 heterocycles. The Morgan fingerprint density at radius 2 is 0.831 bits per heavy atom. The number of hydrogen-bond acceptors (Lipinski definition) is 6. The zero-order chi connectivity index (χ0) is 45.1. The Kier molecular flexibility index (Phi) is 14.6. The molecule has 0 unspecified atom stereocenters. The van der Waals surface area contributed by atoms with Crippen LogP contribution in [0.15, 0.2) is 58.3 Å². The number of primary sulfonamides is 2. The van der Waals surface area contributed by atoms with Gasteiger partial charge in [-0.15, -0.1) is 0 Å². The molecule has 0 spiro atoms. The van der Waals surface area contributed by atoms with E-state index in [2.05, 4.69) is 38.3 Å². The normalized spacial score (nSPS) is 40.9. The molecule has 8 N–H and O–H groups in total. The topological polar surface area (TPSA) is 176 Å². The molecule has 0 radical (unpaired) electrons. The van der Waals surface area contributed by atoms with Crippen LogP contribution < -0.4 is 20.9 Å². The maximum absolute atomic E-state index is 11.5. The number of nitrogens with one attached hydrogen (secondary N) is 2. The summed E-state index contributed by atoms with van der Waals surface area (Å²) in [6.07, 6.45) is 30.7. The summed E-state index contributed by atoms with van der Waals surface area (Å²) in [4.78, 5) is 0.386. The molecular formula is C54H86N4O5S2. The van der Waals surface area contributed by atoms with E-state index in [1.807, 2.05) is 24.3 Å². The van der Waals surface area contributed by atoms with Gasteiger partial charge in [-0.3, -0.25) is 0 Å². The highest BCUT2D eigenvalue weighted by atomic mass is 32.2. The van der Waals surface area contributed by atoms with Crippen LogP contribution in [0.4, 0.5) is 0 Å². The van der Waals surface area contributed by atoms with Gasteiger partial charge in [0.05, 0.1) is 9.79 Å². The predicted octanol–water partition coefficient (Wildman–Crippen LogP) is 9.71. The first-order valence-electron chi connectivity index (χ1n) is 26.1. The number of nitrogens with two attached hydrogens (primary N) is 2. The molecule has 8 aliphatic rings. The lowest BCUT2D eigenvalue weighted by Crippen LogP contribution is -2.55. The van der Waals surface area contributed by atoms with Gasteiger partial charge in [0.2, 0.25) is 20.0 Å². The van der Waals surface area contributed by atoms with Gasteiger partial charge in [0, 0.05) is 12.1 Å². The van der Waals surface area contributed by atoms with Crippen molar-refractivity contribution in [2.75, 3.05) is 13.1 Å². The Balaban J connectivity index is 0.000000175. The summed E-state index contributed by atoms with van der Waals surface area (Å²) in [5.41, 5.74) is 4.45. The predicted molar refractivity (Wildman–Crippen MR) is 263 cm³/mol. The van der Waals surface area contributed by atoms with Crippen LogP contribution in [0.5, 0.6) is 0 Å². The molecule has 8 saturated carbocycles. The highest BCUT2D eigenvalue weighted by molar-refractivity contribution is 7.89. The molecule has 0 aliphatic heterocycles. The number of fused-ring (bicyclic) bond motifs is 10. The van der Waals surface area contributed by atoms with Crippen molar-refractivity contribution in [1.82, 2.24) is 10.6 Å². The highest BCUT2D eigenvalue weighted by Crippen LogP contribution is 2.68. The van der Waals surface area contributed by atoms with Crippen molar-refractivity contribution >= 4 is 20.0 Å². The summed E-state index contributed by atoms with van der Waals surface area (Å²) in [5.74, 6) is 7.62. The fraction of sp³-hybridized carbons (Fsp3) is 0.778. The van der Waals surface area contributed by atoms with E-state index < -0.39 is 20.0 Å². The molecule has 2 aromatic rings. The van der Waals surface area contributed by atoms with Crippen LogP contribution >= 0.6 is 0 Å². The highest BCUT2D eigenvalue weighted by Gasteiger charge is 2.61. The minimum atomic E-state index is -3.61. The van der Waals surface area contributed by atoms with Gasteiger partial charge in [-0.1, -0.05) is 77.6 Å². The van der Waals surface area contributed by atoms with Crippen molar-refractivity contribution < 1.29 is 22.3 Å². The van der Waals surface area contributed by atoms with Crippen LogP contribution in [0.25, 0.3) is 0 Å². The summed E-state index contributed by atoms with van der Waals surface area (Å²) >= 11 is 0. The van der Waals surface area contributed by atoms with Crippen molar-refractivity contribution in [3.05, 3.63) is 59.7 Å². The van der Waals surface area contributed by atoms with Crippen molar-refractivity contribution in [3.63, 3.8) is 0 Å². The monoisotopic (exact) mass is 935 g/mol. The van der Waals surface area contributed by atoms with Gasteiger partial charge in [-0.2, -0.15) is 0 Å². The smallest absolute Gasteiger partial charge is 0.238 e. The Morgan fingerprint density at radius 3 is 1.20 bits per heavy atom. The fourth-order valence-electron chi connectivity index (χ4n) is 17.7. The van der Waals surface area contributed by atoms with E-state index in [-0.39, 0.29) is 15.3 Å². The maximum Gasteiger partial charge on any atom is 0.238 e. The Bertz CT molecular complexity index is 2020. The summed E-state index contributed by atoms with van der Waals surface area (Å²) in [5, 5.41) is 18.3. The van der Waals surface area contributed by atoms with E-state index in [1.165, 1.54) is 128 Å². The average Bonchev–Trinajstić information content (AvgIpc) is 3.79. The Morgan fingerprint density at radius 1 is 0.462 bits per heavy atom. The van der Waals surface area contributed by atoms with Crippen LogP contribution in [-0.4, -0.2) is 47.5 Å². The molecule has 0 amide bonds. The van der Waals surface area contributed by atoms with Crippen LogP contribution in [0, 0.1) is 69.0 Å². The zero-order valence-corrected chi connectivity index (χ0v) is 42.1. The quantitative estimate of drug-likeness (QED) is 0.184. The molecule has 8 aliphatic carbocycles. The molecule has 10 rings (SSSR count). The summed E-state index contributed by atoms with van der Waals surface area (Å²) in [7, 11) is -7.22. The third-order valence-corrected chi connectivity index (χ3v) is 23.1. The fourth-order valence-corrected chi connectivity index (χ4v) is 18.8. The van der Waals surface area contributed by atoms with Crippen LogP contribution in [0.1, 0.15) is 167 Å². The molecule has 65 heavy (non-hydrogen) atoms. The minimum absolute atomic E-state index is 0. The first kappa shape index (κ1) is 49.6. The first-order valence-corrected chi connectivity index (χ1v) is 29.2. The third kappa shape index (κ3) is 9.46. The molecule has 364 valence electrons. The minimum Gasteiger partial charge on any atom is -0.412 e. The molecule has 14 atom stereocenters. The zero-order valence-electron chi connectivity index (χ0n) is 40.5. The van der Waals surface area contributed by atoms with Gasteiger partial charge in [0.25, 0.3) is 0 Å². The van der Waals surface area contributed by atoms with E-state index in [9.17, 15) is 16.8 Å². The van der Waals surface area contributed by atoms with Gasteiger partial charge < -0.3 is 16.1 Å². The second kappa shape index (κ2) is 19.1. The molecule has 9 nitrogen and oxygen atoms in total. The molecule has 0 saturated heterocycles. The third-order valence-electron chi connectivity index (χ3n) is 21.3. The van der Waals surface area contributed by atoms with Gasteiger partial charge in [-0.05, 0) is 233 Å². The lowest BCUT2D eigenvalue weighted by Gasteiger charge is -2.60.